The van der Waals surface area contributed by atoms with Gasteiger partial charge < -0.3 is 10.1 Å². The van der Waals surface area contributed by atoms with Gasteiger partial charge in [-0.2, -0.15) is 16.4 Å². The number of thiophene rings is 1. The molecule has 2 amide bonds. The van der Waals surface area contributed by atoms with Crippen LogP contribution in [-0.2, 0) is 14.3 Å². The van der Waals surface area contributed by atoms with Crippen molar-refractivity contribution >= 4 is 40.7 Å². The predicted octanol–water partition coefficient (Wildman–Crippen LogP) is 5.37. The summed E-state index contributed by atoms with van der Waals surface area (Å²) < 4.78 is 7.54. The monoisotopic (exact) mass is 558 g/mol. The van der Waals surface area contributed by atoms with Crippen molar-refractivity contribution in [2.75, 3.05) is 30.3 Å². The minimum atomic E-state index is -0.206. The van der Waals surface area contributed by atoms with E-state index in [4.69, 9.17) is 9.84 Å². The van der Waals surface area contributed by atoms with Crippen LogP contribution < -0.4 is 10.2 Å². The zero-order chi connectivity index (χ0) is 26.8. The Morgan fingerprint density at radius 3 is 2.69 bits per heavy atom. The summed E-state index contributed by atoms with van der Waals surface area (Å²) in [5, 5.41) is 12.2. The molecule has 2 aliphatic rings. The smallest absolute Gasteiger partial charge is 0.240 e. The Hall–Kier alpha value is -3.40. The summed E-state index contributed by atoms with van der Waals surface area (Å²) in [4.78, 5) is 28.6. The van der Waals surface area contributed by atoms with E-state index in [9.17, 15) is 9.59 Å². The van der Waals surface area contributed by atoms with Crippen LogP contribution in [0.5, 0.6) is 0 Å². The number of hydrogen-bond donors (Lipinski definition) is 1. The summed E-state index contributed by atoms with van der Waals surface area (Å²) in [5.41, 5.74) is 5.78. The first-order chi connectivity index (χ1) is 19.1. The molecule has 39 heavy (non-hydrogen) atoms. The van der Waals surface area contributed by atoms with Crippen LogP contribution >= 0.6 is 23.1 Å². The molecule has 9 heteroatoms. The van der Waals surface area contributed by atoms with Gasteiger partial charge in [-0.3, -0.25) is 14.5 Å². The third kappa shape index (κ3) is 5.26. The molecule has 0 spiro atoms. The SMILES string of the molecule is Cc1ccccc1-n1nc(-c2ccccc2)c2c1N(CC(=O)NCC1CCCO1)C(=O)CSC2c1ccsc1. The van der Waals surface area contributed by atoms with Crippen LogP contribution in [0.3, 0.4) is 0 Å². The number of ether oxygens (including phenoxy) is 1. The first-order valence-corrected chi connectivity index (χ1v) is 15.2. The Morgan fingerprint density at radius 2 is 1.95 bits per heavy atom. The van der Waals surface area contributed by atoms with E-state index in [1.54, 1.807) is 28.0 Å². The van der Waals surface area contributed by atoms with Gasteiger partial charge in [0, 0.05) is 24.3 Å². The van der Waals surface area contributed by atoms with Gasteiger partial charge in [0.1, 0.15) is 12.4 Å². The number of benzene rings is 2. The molecule has 0 bridgehead atoms. The lowest BCUT2D eigenvalue weighted by molar-refractivity contribution is -0.123. The number of amides is 2. The second-order valence-electron chi connectivity index (χ2n) is 9.82. The van der Waals surface area contributed by atoms with E-state index >= 15 is 0 Å². The Labute approximate surface area is 236 Å². The number of anilines is 1. The van der Waals surface area contributed by atoms with E-state index in [-0.39, 0.29) is 35.5 Å². The number of aromatic nitrogens is 2. The highest BCUT2D eigenvalue weighted by Crippen LogP contribution is 2.49. The molecular formula is C30H30N4O3S2. The summed E-state index contributed by atoms with van der Waals surface area (Å²) in [6.07, 6.45) is 1.98. The topological polar surface area (TPSA) is 76.5 Å². The summed E-state index contributed by atoms with van der Waals surface area (Å²) in [7, 11) is 0. The quantitative estimate of drug-likeness (QED) is 0.330. The van der Waals surface area contributed by atoms with Crippen LogP contribution in [0, 0.1) is 6.92 Å². The van der Waals surface area contributed by atoms with Crippen LogP contribution in [-0.4, -0.2) is 53.1 Å². The van der Waals surface area contributed by atoms with Crippen molar-refractivity contribution in [2.24, 2.45) is 0 Å². The number of carbonyl (C=O) groups excluding carboxylic acids is 2. The molecule has 1 fully saturated rings. The summed E-state index contributed by atoms with van der Waals surface area (Å²) in [6.45, 7) is 3.13. The lowest BCUT2D eigenvalue weighted by Gasteiger charge is -2.24. The Balaban J connectivity index is 1.51. The van der Waals surface area contributed by atoms with Crippen molar-refractivity contribution in [3.05, 3.63) is 88.1 Å². The first-order valence-electron chi connectivity index (χ1n) is 13.2. The molecular weight excluding hydrogens is 528 g/mol. The molecule has 6 rings (SSSR count). The zero-order valence-corrected chi connectivity index (χ0v) is 23.3. The number of thioether (sulfide) groups is 1. The van der Waals surface area contributed by atoms with Crippen LogP contribution in [0.2, 0.25) is 0 Å². The van der Waals surface area contributed by atoms with Gasteiger partial charge in [-0.1, -0.05) is 48.5 Å². The van der Waals surface area contributed by atoms with E-state index in [2.05, 4.69) is 22.1 Å². The van der Waals surface area contributed by atoms with Crippen LogP contribution in [0.15, 0.2) is 71.4 Å². The number of hydrogen-bond acceptors (Lipinski definition) is 6. The fourth-order valence-corrected chi connectivity index (χ4v) is 7.18. The van der Waals surface area contributed by atoms with Crippen LogP contribution in [0.25, 0.3) is 16.9 Å². The van der Waals surface area contributed by atoms with Gasteiger partial charge >= 0.3 is 0 Å². The second-order valence-corrected chi connectivity index (χ2v) is 11.7. The van der Waals surface area contributed by atoms with Gasteiger partial charge in [0.2, 0.25) is 11.8 Å². The lowest BCUT2D eigenvalue weighted by atomic mass is 10.0. The van der Waals surface area contributed by atoms with Crippen molar-refractivity contribution < 1.29 is 14.3 Å². The second kappa shape index (κ2) is 11.4. The molecule has 2 atom stereocenters. The zero-order valence-electron chi connectivity index (χ0n) is 21.7. The fraction of sp³-hybridized carbons (Fsp3) is 0.300. The van der Waals surface area contributed by atoms with Gasteiger partial charge in [-0.15, -0.1) is 11.8 Å². The van der Waals surface area contributed by atoms with Crippen molar-refractivity contribution in [1.29, 1.82) is 0 Å². The summed E-state index contributed by atoms with van der Waals surface area (Å²) in [6, 6.07) is 20.2. The van der Waals surface area contributed by atoms with Gasteiger partial charge in [-0.05, 0) is 53.8 Å². The molecule has 4 heterocycles. The highest BCUT2D eigenvalue weighted by molar-refractivity contribution is 8.00. The largest absolute Gasteiger partial charge is 0.376 e. The van der Waals surface area contributed by atoms with Crippen LogP contribution in [0.4, 0.5) is 5.82 Å². The number of aryl methyl sites for hydroxylation is 1. The molecule has 7 nitrogen and oxygen atoms in total. The Kier molecular flexibility index (Phi) is 7.54. The number of carbonyl (C=O) groups is 2. The number of nitrogens with one attached hydrogen (secondary N) is 1. The van der Waals surface area contributed by atoms with Crippen molar-refractivity contribution in [3.8, 4) is 16.9 Å². The third-order valence-corrected chi connectivity index (χ3v) is 9.13. The number of nitrogens with zero attached hydrogens (tertiary/aromatic N) is 3. The van der Waals surface area contributed by atoms with Gasteiger partial charge in [0.05, 0.1) is 28.5 Å². The Bertz CT molecular complexity index is 1460. The highest BCUT2D eigenvalue weighted by Gasteiger charge is 2.38. The van der Waals surface area contributed by atoms with Crippen LogP contribution in [0.1, 0.15) is 34.8 Å². The first kappa shape index (κ1) is 25.9. The van der Waals surface area contributed by atoms with E-state index in [0.717, 1.165) is 53.1 Å². The maximum atomic E-state index is 13.8. The Morgan fingerprint density at radius 1 is 1.13 bits per heavy atom. The molecule has 1 N–H and O–H groups in total. The summed E-state index contributed by atoms with van der Waals surface area (Å²) in [5.74, 6) is 0.598. The van der Waals surface area contributed by atoms with E-state index in [1.807, 2.05) is 66.2 Å². The molecule has 1 saturated heterocycles. The van der Waals surface area contributed by atoms with Gasteiger partial charge in [-0.25, -0.2) is 4.68 Å². The average Bonchev–Trinajstić information content (AvgIpc) is 3.73. The molecule has 2 unspecified atom stereocenters. The van der Waals surface area contributed by atoms with E-state index < -0.39 is 0 Å². The minimum absolute atomic E-state index is 0.0325. The molecule has 2 aliphatic heterocycles. The molecule has 2 aromatic carbocycles. The average molecular weight is 559 g/mol. The molecule has 4 aromatic rings. The highest BCUT2D eigenvalue weighted by atomic mass is 32.2. The molecule has 0 aliphatic carbocycles. The predicted molar refractivity (Wildman–Crippen MR) is 157 cm³/mol. The van der Waals surface area contributed by atoms with E-state index in [1.165, 1.54) is 0 Å². The van der Waals surface area contributed by atoms with E-state index in [0.29, 0.717) is 12.4 Å². The standard InChI is InChI=1S/C30H30N4O3S2/c1-20-8-5-6-12-24(20)34-30-27(28(32-34)21-9-3-2-4-10-21)29(22-13-15-38-18-22)39-19-26(36)33(30)17-25(35)31-16-23-11-7-14-37-23/h2-6,8-10,12-13,15,18,23,29H,7,11,14,16-17,19H2,1H3,(H,31,35). The molecule has 0 saturated carbocycles. The maximum absolute atomic E-state index is 13.8. The maximum Gasteiger partial charge on any atom is 0.240 e. The molecule has 200 valence electrons. The lowest BCUT2D eigenvalue weighted by Crippen LogP contribution is -2.44. The van der Waals surface area contributed by atoms with Crippen molar-refractivity contribution in [1.82, 2.24) is 15.1 Å². The van der Waals surface area contributed by atoms with Gasteiger partial charge in [0.25, 0.3) is 0 Å². The molecule has 0 radical (unpaired) electrons. The van der Waals surface area contributed by atoms with Crippen molar-refractivity contribution in [3.63, 3.8) is 0 Å². The fourth-order valence-electron chi connectivity index (χ4n) is 5.22. The number of fused-ring (bicyclic) bond motifs is 1. The number of para-hydroxylation sites is 1. The summed E-state index contributed by atoms with van der Waals surface area (Å²) >= 11 is 3.23. The molecule has 2 aromatic heterocycles. The van der Waals surface area contributed by atoms with Gasteiger partial charge in [0.15, 0.2) is 0 Å². The normalized spacial score (nSPS) is 19.1. The van der Waals surface area contributed by atoms with Crippen molar-refractivity contribution in [2.45, 2.75) is 31.1 Å². The number of rotatable bonds is 7. The third-order valence-electron chi connectivity index (χ3n) is 7.18. The minimum Gasteiger partial charge on any atom is -0.376 e.